The predicted molar refractivity (Wildman–Crippen MR) is 94.8 cm³/mol. The fourth-order valence-corrected chi connectivity index (χ4v) is 3.47. The fraction of sp³-hybridized carbons (Fsp3) is 0.294. The maximum absolute atomic E-state index is 12.4. The zero-order chi connectivity index (χ0) is 17.1. The Morgan fingerprint density at radius 2 is 2.00 bits per heavy atom. The average Bonchev–Trinajstić information content (AvgIpc) is 3.09. The molecule has 25 heavy (non-hydrogen) atoms. The van der Waals surface area contributed by atoms with Crippen LogP contribution in [0, 0.1) is 0 Å². The standard InChI is InChI=1S/C17H17N5O2S/c23-16(15-9-18-13-3-1-2-4-14(13)20-15)21-17-19-12(11-25-17)10-22-5-7-24-8-6-22/h1-4,9,11H,5-8,10H2,(H,19,21,23)/p+1. The van der Waals surface area contributed by atoms with Crippen molar-refractivity contribution >= 4 is 33.4 Å². The van der Waals surface area contributed by atoms with E-state index in [0.29, 0.717) is 10.6 Å². The first-order valence-electron chi connectivity index (χ1n) is 8.17. The van der Waals surface area contributed by atoms with E-state index in [9.17, 15) is 4.79 Å². The highest BCUT2D eigenvalue weighted by atomic mass is 32.1. The number of nitrogens with one attached hydrogen (secondary N) is 2. The number of anilines is 1. The number of benzene rings is 1. The Kier molecular flexibility index (Phi) is 4.64. The number of para-hydroxylation sites is 2. The van der Waals surface area contributed by atoms with Crippen molar-refractivity contribution in [2.45, 2.75) is 6.54 Å². The predicted octanol–water partition coefficient (Wildman–Crippen LogP) is 0.754. The van der Waals surface area contributed by atoms with Crippen molar-refractivity contribution in [1.29, 1.82) is 0 Å². The van der Waals surface area contributed by atoms with Crippen LogP contribution >= 0.6 is 11.3 Å². The van der Waals surface area contributed by atoms with E-state index in [2.05, 4.69) is 20.3 Å². The molecule has 2 N–H and O–H groups in total. The van der Waals surface area contributed by atoms with Gasteiger partial charge in [0.25, 0.3) is 5.91 Å². The lowest BCUT2D eigenvalue weighted by molar-refractivity contribution is -0.921. The third-order valence-corrected chi connectivity index (χ3v) is 4.89. The summed E-state index contributed by atoms with van der Waals surface area (Å²) in [4.78, 5) is 27.0. The number of aromatic nitrogens is 3. The van der Waals surface area contributed by atoms with Crippen molar-refractivity contribution in [3.8, 4) is 0 Å². The minimum absolute atomic E-state index is 0.286. The molecule has 1 amide bonds. The van der Waals surface area contributed by atoms with Crippen molar-refractivity contribution in [1.82, 2.24) is 15.0 Å². The molecule has 7 nitrogen and oxygen atoms in total. The zero-order valence-corrected chi connectivity index (χ0v) is 14.4. The molecule has 1 aromatic carbocycles. The number of ether oxygens (including phenoxy) is 1. The Morgan fingerprint density at radius 3 is 2.84 bits per heavy atom. The lowest BCUT2D eigenvalue weighted by Crippen LogP contribution is -3.12. The molecule has 4 rings (SSSR count). The molecule has 0 unspecified atom stereocenters. The summed E-state index contributed by atoms with van der Waals surface area (Å²) < 4.78 is 5.37. The second-order valence-electron chi connectivity index (χ2n) is 5.88. The summed E-state index contributed by atoms with van der Waals surface area (Å²) >= 11 is 1.43. The van der Waals surface area contributed by atoms with Gasteiger partial charge in [-0.2, -0.15) is 0 Å². The van der Waals surface area contributed by atoms with Gasteiger partial charge in [-0.15, -0.1) is 11.3 Å². The van der Waals surface area contributed by atoms with E-state index in [-0.39, 0.29) is 11.6 Å². The smallest absolute Gasteiger partial charge is 0.277 e. The SMILES string of the molecule is O=C(Nc1nc(C[NH+]2CCOCC2)cs1)c1cnc2ccccc2n1. The van der Waals surface area contributed by atoms with E-state index in [1.807, 2.05) is 29.6 Å². The second kappa shape index (κ2) is 7.22. The summed E-state index contributed by atoms with van der Waals surface area (Å²) in [5.41, 5.74) is 2.74. The van der Waals surface area contributed by atoms with Crippen molar-refractivity contribution < 1.29 is 14.4 Å². The molecule has 3 heterocycles. The first kappa shape index (κ1) is 16.1. The van der Waals surface area contributed by atoms with Crippen molar-refractivity contribution in [2.75, 3.05) is 31.6 Å². The number of carbonyl (C=O) groups excluding carboxylic acids is 1. The third-order valence-electron chi connectivity index (χ3n) is 4.08. The van der Waals surface area contributed by atoms with Crippen molar-refractivity contribution in [3.63, 3.8) is 0 Å². The van der Waals surface area contributed by atoms with Crippen LogP contribution in [-0.4, -0.2) is 47.2 Å². The third kappa shape index (κ3) is 3.81. The second-order valence-corrected chi connectivity index (χ2v) is 6.74. The molecule has 0 aliphatic carbocycles. The lowest BCUT2D eigenvalue weighted by Gasteiger charge is -2.22. The van der Waals surface area contributed by atoms with E-state index in [4.69, 9.17) is 4.74 Å². The van der Waals surface area contributed by atoms with Gasteiger partial charge in [-0.05, 0) is 12.1 Å². The van der Waals surface area contributed by atoms with Gasteiger partial charge < -0.3 is 9.64 Å². The molecule has 1 saturated heterocycles. The number of hydrogen-bond acceptors (Lipinski definition) is 6. The molecule has 3 aromatic rings. The summed E-state index contributed by atoms with van der Waals surface area (Å²) in [5.74, 6) is -0.294. The molecular formula is C17H18N5O2S+. The van der Waals surface area contributed by atoms with Crippen LogP contribution in [0.4, 0.5) is 5.13 Å². The Labute approximate surface area is 148 Å². The first-order valence-corrected chi connectivity index (χ1v) is 9.05. The molecule has 0 spiro atoms. The van der Waals surface area contributed by atoms with Crippen LogP contribution in [0.5, 0.6) is 0 Å². The topological polar surface area (TPSA) is 81.4 Å². The van der Waals surface area contributed by atoms with Gasteiger partial charge in [0.05, 0.1) is 30.4 Å². The molecule has 2 aromatic heterocycles. The summed E-state index contributed by atoms with van der Waals surface area (Å²) in [6.07, 6.45) is 1.49. The van der Waals surface area contributed by atoms with Crippen LogP contribution in [0.25, 0.3) is 11.0 Å². The molecular weight excluding hydrogens is 338 g/mol. The molecule has 0 atom stereocenters. The number of carbonyl (C=O) groups is 1. The summed E-state index contributed by atoms with van der Waals surface area (Å²) in [7, 11) is 0. The van der Waals surface area contributed by atoms with Gasteiger partial charge in [-0.3, -0.25) is 15.1 Å². The molecule has 0 saturated carbocycles. The molecule has 1 aliphatic heterocycles. The van der Waals surface area contributed by atoms with E-state index < -0.39 is 0 Å². The molecule has 128 valence electrons. The number of morpholine rings is 1. The Hall–Kier alpha value is -2.42. The molecule has 1 aliphatic rings. The van der Waals surface area contributed by atoms with Crippen molar-refractivity contribution in [3.05, 3.63) is 47.2 Å². The number of nitrogens with zero attached hydrogens (tertiary/aromatic N) is 3. The van der Waals surface area contributed by atoms with Crippen LogP contribution in [-0.2, 0) is 11.3 Å². The van der Waals surface area contributed by atoms with E-state index >= 15 is 0 Å². The highest BCUT2D eigenvalue weighted by molar-refractivity contribution is 7.13. The summed E-state index contributed by atoms with van der Waals surface area (Å²) in [6, 6.07) is 7.47. The highest BCUT2D eigenvalue weighted by Gasteiger charge is 2.17. The largest absolute Gasteiger partial charge is 0.370 e. The van der Waals surface area contributed by atoms with Gasteiger partial charge >= 0.3 is 0 Å². The van der Waals surface area contributed by atoms with Crippen LogP contribution in [0.3, 0.4) is 0 Å². The number of hydrogen-bond donors (Lipinski definition) is 2. The quantitative estimate of drug-likeness (QED) is 0.721. The monoisotopic (exact) mass is 356 g/mol. The Bertz CT molecular complexity index is 891. The van der Waals surface area contributed by atoms with Gasteiger partial charge in [-0.1, -0.05) is 12.1 Å². The number of amides is 1. The van der Waals surface area contributed by atoms with Crippen LogP contribution in [0.15, 0.2) is 35.8 Å². The number of quaternary nitrogens is 1. The van der Waals surface area contributed by atoms with E-state index in [1.165, 1.54) is 22.4 Å². The normalized spacial score (nSPS) is 15.4. The number of fused-ring (bicyclic) bond motifs is 1. The van der Waals surface area contributed by atoms with Crippen LogP contribution < -0.4 is 10.2 Å². The van der Waals surface area contributed by atoms with E-state index in [0.717, 1.165) is 44.1 Å². The van der Waals surface area contributed by atoms with Crippen molar-refractivity contribution in [2.24, 2.45) is 0 Å². The maximum Gasteiger partial charge on any atom is 0.277 e. The summed E-state index contributed by atoms with van der Waals surface area (Å²) in [6.45, 7) is 4.43. The fourth-order valence-electron chi connectivity index (χ4n) is 2.77. The lowest BCUT2D eigenvalue weighted by atomic mass is 10.3. The van der Waals surface area contributed by atoms with Crippen LogP contribution in [0.1, 0.15) is 16.2 Å². The Balaban J connectivity index is 1.43. The van der Waals surface area contributed by atoms with Gasteiger partial charge in [0.1, 0.15) is 31.0 Å². The average molecular weight is 356 g/mol. The first-order chi connectivity index (χ1) is 12.3. The maximum atomic E-state index is 12.4. The minimum Gasteiger partial charge on any atom is -0.370 e. The molecule has 1 fully saturated rings. The van der Waals surface area contributed by atoms with Gasteiger partial charge in [-0.25, -0.2) is 9.97 Å². The molecule has 8 heteroatoms. The van der Waals surface area contributed by atoms with Gasteiger partial charge in [0, 0.05) is 5.38 Å². The minimum atomic E-state index is -0.294. The number of thiazole rings is 1. The zero-order valence-electron chi connectivity index (χ0n) is 13.6. The highest BCUT2D eigenvalue weighted by Crippen LogP contribution is 2.16. The number of rotatable bonds is 4. The van der Waals surface area contributed by atoms with E-state index in [1.54, 1.807) is 0 Å². The van der Waals surface area contributed by atoms with Gasteiger partial charge in [0.15, 0.2) is 5.13 Å². The molecule has 0 radical (unpaired) electrons. The molecule has 0 bridgehead atoms. The van der Waals surface area contributed by atoms with Gasteiger partial charge in [0.2, 0.25) is 0 Å². The summed E-state index contributed by atoms with van der Waals surface area (Å²) in [5, 5.41) is 5.39. The Morgan fingerprint density at radius 1 is 1.20 bits per heavy atom. The van der Waals surface area contributed by atoms with Crippen LogP contribution in [0.2, 0.25) is 0 Å².